The minimum atomic E-state index is 0.0587. The van der Waals surface area contributed by atoms with E-state index in [2.05, 4.69) is 200 Å². The van der Waals surface area contributed by atoms with Crippen LogP contribution in [-0.4, -0.2) is 4.57 Å². The van der Waals surface area contributed by atoms with Crippen molar-refractivity contribution in [1.29, 1.82) is 0 Å². The minimum Gasteiger partial charge on any atom is -0.454 e. The van der Waals surface area contributed by atoms with Crippen molar-refractivity contribution >= 4 is 82.4 Å². The number of fused-ring (bicyclic) bond motifs is 12. The molecular weight excluding hydrogens is 693 g/mol. The quantitative estimate of drug-likeness (QED) is 0.180. The average Bonchev–Trinajstić information content (AvgIpc) is 3.79. The van der Waals surface area contributed by atoms with Crippen LogP contribution >= 0.6 is 0 Å². The molecule has 9 aromatic carbocycles. The number of furan rings is 1. The molecule has 0 N–H and O–H groups in total. The molecule has 0 saturated carbocycles. The van der Waals surface area contributed by atoms with E-state index in [-0.39, 0.29) is 5.41 Å². The lowest BCUT2D eigenvalue weighted by Crippen LogP contribution is -2.13. The van der Waals surface area contributed by atoms with Gasteiger partial charge in [0.05, 0.1) is 16.7 Å². The summed E-state index contributed by atoms with van der Waals surface area (Å²) in [6.45, 7) is 6.79. The molecule has 1 aliphatic rings. The zero-order chi connectivity index (χ0) is 38.0. The molecule has 12 rings (SSSR count). The molecule has 57 heavy (non-hydrogen) atoms. The topological polar surface area (TPSA) is 21.3 Å². The third-order valence-electron chi connectivity index (χ3n) is 12.2. The first kappa shape index (κ1) is 32.2. The van der Waals surface area contributed by atoms with Crippen LogP contribution in [0.15, 0.2) is 180 Å². The summed E-state index contributed by atoms with van der Waals surface area (Å²) in [4.78, 5) is 2.35. The molecule has 0 saturated heterocycles. The highest BCUT2D eigenvalue weighted by molar-refractivity contribution is 6.14. The Morgan fingerprint density at radius 3 is 1.65 bits per heavy atom. The lowest BCUT2D eigenvalue weighted by molar-refractivity contribution is 0.590. The van der Waals surface area contributed by atoms with Crippen molar-refractivity contribution in [2.45, 2.75) is 26.2 Å². The summed E-state index contributed by atoms with van der Waals surface area (Å²) in [6, 6.07) is 64.6. The highest BCUT2D eigenvalue weighted by Gasteiger charge is 2.26. The highest BCUT2D eigenvalue weighted by atomic mass is 16.3. The second-order valence-electron chi connectivity index (χ2n) is 16.6. The van der Waals surface area contributed by atoms with Crippen molar-refractivity contribution in [3.8, 4) is 27.9 Å². The largest absolute Gasteiger partial charge is 0.454 e. The number of nitrogens with zero attached hydrogens (tertiary/aromatic N) is 2. The van der Waals surface area contributed by atoms with Crippen molar-refractivity contribution in [2.75, 3.05) is 4.90 Å². The normalized spacial score (nSPS) is 12.5. The number of para-hydroxylation sites is 4. The van der Waals surface area contributed by atoms with Crippen LogP contribution in [0.4, 0.5) is 17.1 Å². The standard InChI is InChI=1S/C54H38N2O/c1-54(2,3)37-21-25-38(26-22-37)55(51-17-10-14-44-43-13-6-9-18-52(43)57-53(44)51)39-23-19-33-29-45-47(31-35(33)27-39)46-30-34-20-24-40(28-36(34)32-48(45)46)56-49-15-7-4-11-41(49)42-12-5-8-16-50(42)56/h4-32H,1-3H3. The van der Waals surface area contributed by atoms with E-state index in [1.165, 1.54) is 76.9 Å². The Kier molecular flexibility index (Phi) is 6.61. The van der Waals surface area contributed by atoms with Crippen LogP contribution in [0.1, 0.15) is 26.3 Å². The van der Waals surface area contributed by atoms with Gasteiger partial charge >= 0.3 is 0 Å². The summed E-state index contributed by atoms with van der Waals surface area (Å²) < 4.78 is 9.02. The first-order valence-electron chi connectivity index (χ1n) is 19.8. The molecule has 0 bridgehead atoms. The Labute approximate surface area is 330 Å². The SMILES string of the molecule is CC(C)(C)c1ccc(N(c2ccc3cc4c(cc3c2)-c2cc3ccc(-n5c6ccccc6c6ccccc65)cc3cc2-4)c2cccc3c2oc2ccccc23)cc1. The van der Waals surface area contributed by atoms with E-state index in [4.69, 9.17) is 4.42 Å². The van der Waals surface area contributed by atoms with Crippen LogP contribution in [0.2, 0.25) is 0 Å². The van der Waals surface area contributed by atoms with Gasteiger partial charge in [0.25, 0.3) is 0 Å². The van der Waals surface area contributed by atoms with Crippen LogP contribution in [0.25, 0.3) is 93.2 Å². The van der Waals surface area contributed by atoms with Gasteiger partial charge in [-0.3, -0.25) is 0 Å². The number of aromatic nitrogens is 1. The summed E-state index contributed by atoms with van der Waals surface area (Å²) in [5.74, 6) is 0. The third-order valence-corrected chi connectivity index (χ3v) is 12.2. The predicted molar refractivity (Wildman–Crippen MR) is 241 cm³/mol. The van der Waals surface area contributed by atoms with E-state index in [1.54, 1.807) is 0 Å². The molecule has 0 aliphatic heterocycles. The van der Waals surface area contributed by atoms with E-state index in [1.807, 2.05) is 6.07 Å². The van der Waals surface area contributed by atoms with Gasteiger partial charge in [-0.1, -0.05) is 112 Å². The highest BCUT2D eigenvalue weighted by Crippen LogP contribution is 2.51. The maximum absolute atomic E-state index is 6.61. The number of hydrogen-bond acceptors (Lipinski definition) is 2. The van der Waals surface area contributed by atoms with Gasteiger partial charge in [0.1, 0.15) is 5.58 Å². The molecule has 270 valence electrons. The van der Waals surface area contributed by atoms with Gasteiger partial charge in [0, 0.05) is 38.6 Å². The Balaban J connectivity index is 0.974. The predicted octanol–water partition coefficient (Wildman–Crippen LogP) is 15.4. The van der Waals surface area contributed by atoms with E-state index in [0.29, 0.717) is 0 Å². The molecule has 0 amide bonds. The van der Waals surface area contributed by atoms with Crippen LogP contribution in [-0.2, 0) is 5.41 Å². The fourth-order valence-corrected chi connectivity index (χ4v) is 9.32. The fourth-order valence-electron chi connectivity index (χ4n) is 9.32. The smallest absolute Gasteiger partial charge is 0.159 e. The molecule has 11 aromatic rings. The van der Waals surface area contributed by atoms with Crippen molar-refractivity contribution < 1.29 is 4.42 Å². The Hall–Kier alpha value is -7.10. The molecule has 0 spiro atoms. The van der Waals surface area contributed by atoms with Gasteiger partial charge in [-0.25, -0.2) is 0 Å². The number of benzene rings is 9. The molecule has 1 aliphatic carbocycles. The Bertz CT molecular complexity index is 3390. The van der Waals surface area contributed by atoms with Gasteiger partial charge in [-0.05, 0) is 140 Å². The fraction of sp³-hybridized carbons (Fsp3) is 0.0741. The van der Waals surface area contributed by atoms with Crippen molar-refractivity contribution in [1.82, 2.24) is 4.57 Å². The van der Waals surface area contributed by atoms with Gasteiger partial charge in [0.15, 0.2) is 5.58 Å². The second-order valence-corrected chi connectivity index (χ2v) is 16.6. The molecular formula is C54H38N2O. The molecule has 2 heterocycles. The van der Waals surface area contributed by atoms with E-state index in [9.17, 15) is 0 Å². The van der Waals surface area contributed by atoms with Gasteiger partial charge in [-0.15, -0.1) is 0 Å². The van der Waals surface area contributed by atoms with Crippen LogP contribution in [0.3, 0.4) is 0 Å². The van der Waals surface area contributed by atoms with E-state index < -0.39 is 0 Å². The van der Waals surface area contributed by atoms with Gasteiger partial charge < -0.3 is 13.9 Å². The number of hydrogen-bond donors (Lipinski definition) is 0. The molecule has 2 aromatic heterocycles. The maximum atomic E-state index is 6.61. The monoisotopic (exact) mass is 730 g/mol. The first-order chi connectivity index (χ1) is 27.9. The zero-order valence-electron chi connectivity index (χ0n) is 32.0. The maximum Gasteiger partial charge on any atom is 0.159 e. The Morgan fingerprint density at radius 1 is 0.439 bits per heavy atom. The summed E-state index contributed by atoms with van der Waals surface area (Å²) in [7, 11) is 0. The Morgan fingerprint density at radius 2 is 0.982 bits per heavy atom. The molecule has 3 heteroatoms. The molecule has 0 atom stereocenters. The summed E-state index contributed by atoms with van der Waals surface area (Å²) >= 11 is 0. The van der Waals surface area contributed by atoms with Crippen molar-refractivity contribution in [3.05, 3.63) is 181 Å². The van der Waals surface area contributed by atoms with E-state index >= 15 is 0 Å². The van der Waals surface area contributed by atoms with Crippen LogP contribution in [0.5, 0.6) is 0 Å². The lowest BCUT2D eigenvalue weighted by atomic mass is 9.78. The van der Waals surface area contributed by atoms with Crippen molar-refractivity contribution in [3.63, 3.8) is 0 Å². The molecule has 3 nitrogen and oxygen atoms in total. The third kappa shape index (κ3) is 4.79. The van der Waals surface area contributed by atoms with Crippen LogP contribution in [0, 0.1) is 0 Å². The van der Waals surface area contributed by atoms with E-state index in [0.717, 1.165) is 39.0 Å². The molecule has 0 radical (unpaired) electrons. The zero-order valence-corrected chi connectivity index (χ0v) is 32.0. The van der Waals surface area contributed by atoms with Gasteiger partial charge in [0.2, 0.25) is 0 Å². The second kappa shape index (κ2) is 11.7. The van der Waals surface area contributed by atoms with Crippen LogP contribution < -0.4 is 4.90 Å². The van der Waals surface area contributed by atoms with Crippen molar-refractivity contribution in [2.24, 2.45) is 0 Å². The first-order valence-corrected chi connectivity index (χ1v) is 19.8. The molecule has 0 unspecified atom stereocenters. The summed E-state index contributed by atoms with van der Waals surface area (Å²) in [5.41, 5.74) is 15.3. The summed E-state index contributed by atoms with van der Waals surface area (Å²) in [6.07, 6.45) is 0. The average molecular weight is 731 g/mol. The lowest BCUT2D eigenvalue weighted by Gasteiger charge is -2.28. The number of rotatable bonds is 4. The molecule has 0 fully saturated rings. The van der Waals surface area contributed by atoms with Gasteiger partial charge in [-0.2, -0.15) is 0 Å². The number of anilines is 3. The summed E-state index contributed by atoms with van der Waals surface area (Å²) in [5, 5.41) is 9.75. The minimum absolute atomic E-state index is 0.0587.